The number of carbonyl (C=O) groups is 3. The highest BCUT2D eigenvalue weighted by Gasteiger charge is 2.27. The average molecular weight is 383 g/mol. The van der Waals surface area contributed by atoms with Gasteiger partial charge in [0.05, 0.1) is 25.2 Å². The molecule has 0 bridgehead atoms. The second-order valence-corrected chi connectivity index (χ2v) is 6.31. The van der Waals surface area contributed by atoms with Gasteiger partial charge in [-0.1, -0.05) is 0 Å². The Labute approximate surface area is 162 Å². The van der Waals surface area contributed by atoms with E-state index in [1.165, 1.54) is 13.2 Å². The third-order valence-corrected chi connectivity index (χ3v) is 4.52. The molecule has 2 aromatic rings. The normalized spacial score (nSPS) is 14.8. The highest BCUT2D eigenvalue weighted by atomic mass is 16.5. The molecule has 1 aliphatic rings. The van der Waals surface area contributed by atoms with Crippen LogP contribution in [0.4, 0.5) is 5.69 Å². The number of fused-ring (bicyclic) bond motifs is 1. The topological polar surface area (TPSA) is 90.9 Å². The molecule has 0 unspecified atom stereocenters. The van der Waals surface area contributed by atoms with Crippen LogP contribution < -0.4 is 14.8 Å². The monoisotopic (exact) mass is 383 g/mol. The smallest absolute Gasteiger partial charge is 0.338 e. The number of hydrogen-bond donors (Lipinski definition) is 1. The molecule has 0 aliphatic carbocycles. The quantitative estimate of drug-likeness (QED) is 0.583. The van der Waals surface area contributed by atoms with E-state index in [2.05, 4.69) is 5.32 Å². The fourth-order valence-corrected chi connectivity index (χ4v) is 2.96. The third kappa shape index (κ3) is 3.83. The molecular weight excluding hydrogens is 362 g/mol. The van der Waals surface area contributed by atoms with E-state index in [-0.39, 0.29) is 23.2 Å². The van der Waals surface area contributed by atoms with Crippen molar-refractivity contribution in [3.8, 4) is 11.5 Å². The van der Waals surface area contributed by atoms with Gasteiger partial charge in [0.1, 0.15) is 0 Å². The van der Waals surface area contributed by atoms with E-state index in [9.17, 15) is 14.4 Å². The summed E-state index contributed by atoms with van der Waals surface area (Å²) in [5.41, 5.74) is 2.11. The Hall–Kier alpha value is -3.35. The molecule has 7 heteroatoms. The van der Waals surface area contributed by atoms with Crippen LogP contribution in [0.1, 0.15) is 46.0 Å². The summed E-state index contributed by atoms with van der Waals surface area (Å²) in [5, 5.41) is 2.75. The van der Waals surface area contributed by atoms with Crippen LogP contribution in [0.15, 0.2) is 36.4 Å². The molecule has 1 amide bonds. The summed E-state index contributed by atoms with van der Waals surface area (Å²) in [6, 6.07) is 9.62. The Balaban J connectivity index is 1.67. The summed E-state index contributed by atoms with van der Waals surface area (Å²) < 4.78 is 15.8. The summed E-state index contributed by atoms with van der Waals surface area (Å²) in [6.45, 7) is 3.69. The second kappa shape index (κ2) is 8.12. The van der Waals surface area contributed by atoms with Crippen LogP contribution in [0.5, 0.6) is 11.5 Å². The first-order chi connectivity index (χ1) is 13.4. The molecule has 0 spiro atoms. The molecule has 0 aromatic heterocycles. The summed E-state index contributed by atoms with van der Waals surface area (Å²) >= 11 is 0. The number of ether oxygens (including phenoxy) is 3. The molecule has 1 N–H and O–H groups in total. The van der Waals surface area contributed by atoms with Gasteiger partial charge in [-0.05, 0) is 55.8 Å². The molecule has 0 radical (unpaired) electrons. The van der Waals surface area contributed by atoms with Crippen molar-refractivity contribution in [2.45, 2.75) is 19.8 Å². The van der Waals surface area contributed by atoms with Crippen molar-refractivity contribution in [1.29, 1.82) is 0 Å². The largest absolute Gasteiger partial charge is 0.493 e. The number of esters is 1. The van der Waals surface area contributed by atoms with E-state index in [1.54, 1.807) is 37.3 Å². The lowest BCUT2D eigenvalue weighted by molar-refractivity contribution is -0.116. The molecular formula is C21H21NO6. The van der Waals surface area contributed by atoms with Gasteiger partial charge in [0, 0.05) is 11.3 Å². The van der Waals surface area contributed by atoms with Gasteiger partial charge in [0.15, 0.2) is 23.9 Å². The van der Waals surface area contributed by atoms with Crippen molar-refractivity contribution in [1.82, 2.24) is 0 Å². The van der Waals surface area contributed by atoms with Crippen molar-refractivity contribution in [2.75, 3.05) is 25.6 Å². The molecule has 2 aromatic carbocycles. The van der Waals surface area contributed by atoms with Crippen LogP contribution >= 0.6 is 0 Å². The molecule has 1 heterocycles. The zero-order chi connectivity index (χ0) is 20.3. The van der Waals surface area contributed by atoms with Gasteiger partial charge < -0.3 is 19.5 Å². The Morgan fingerprint density at radius 2 is 1.82 bits per heavy atom. The van der Waals surface area contributed by atoms with Gasteiger partial charge in [-0.2, -0.15) is 0 Å². The second-order valence-electron chi connectivity index (χ2n) is 6.31. The van der Waals surface area contributed by atoms with E-state index in [1.807, 2.05) is 6.92 Å². The van der Waals surface area contributed by atoms with Crippen LogP contribution in [0.3, 0.4) is 0 Å². The number of benzene rings is 2. The van der Waals surface area contributed by atoms with E-state index < -0.39 is 12.6 Å². The number of rotatable bonds is 7. The SMILES string of the molecule is CCOc1ccc(C(=O)OCC(=O)c2ccc3c(c2)[C@@H](C)C(=O)N3)cc1OC. The Kier molecular flexibility index (Phi) is 5.63. The van der Waals surface area contributed by atoms with Gasteiger partial charge in [-0.25, -0.2) is 4.79 Å². The van der Waals surface area contributed by atoms with Gasteiger partial charge in [-0.3, -0.25) is 9.59 Å². The van der Waals surface area contributed by atoms with E-state index in [4.69, 9.17) is 14.2 Å². The first kappa shape index (κ1) is 19.4. The molecule has 1 atom stereocenters. The molecule has 0 saturated carbocycles. The van der Waals surface area contributed by atoms with Crippen LogP contribution in [0, 0.1) is 0 Å². The number of Topliss-reactive ketones (excluding diaryl/α,β-unsaturated/α-hetero) is 1. The van der Waals surface area contributed by atoms with Crippen molar-refractivity contribution >= 4 is 23.3 Å². The molecule has 7 nitrogen and oxygen atoms in total. The maximum atomic E-state index is 12.4. The molecule has 1 aliphatic heterocycles. The van der Waals surface area contributed by atoms with Crippen molar-refractivity contribution in [3.63, 3.8) is 0 Å². The Bertz CT molecular complexity index is 936. The molecule has 0 fully saturated rings. The van der Waals surface area contributed by atoms with Gasteiger partial charge in [-0.15, -0.1) is 0 Å². The average Bonchev–Trinajstić information content (AvgIpc) is 2.99. The van der Waals surface area contributed by atoms with Crippen molar-refractivity contribution in [2.24, 2.45) is 0 Å². The fraction of sp³-hybridized carbons (Fsp3) is 0.286. The lowest BCUT2D eigenvalue weighted by atomic mass is 9.99. The van der Waals surface area contributed by atoms with Crippen LogP contribution in [0.2, 0.25) is 0 Å². The first-order valence-electron chi connectivity index (χ1n) is 8.90. The van der Waals surface area contributed by atoms with Crippen molar-refractivity contribution < 1.29 is 28.6 Å². The molecule has 0 saturated heterocycles. The number of ketones is 1. The maximum absolute atomic E-state index is 12.4. The maximum Gasteiger partial charge on any atom is 0.338 e. The summed E-state index contributed by atoms with van der Waals surface area (Å²) in [6.07, 6.45) is 0. The minimum Gasteiger partial charge on any atom is -0.493 e. The van der Waals surface area contributed by atoms with Crippen molar-refractivity contribution in [3.05, 3.63) is 53.1 Å². The van der Waals surface area contributed by atoms with Gasteiger partial charge >= 0.3 is 5.97 Å². The van der Waals surface area contributed by atoms with Gasteiger partial charge in [0.25, 0.3) is 0 Å². The van der Waals surface area contributed by atoms with E-state index >= 15 is 0 Å². The van der Waals surface area contributed by atoms with Crippen LogP contribution in [-0.2, 0) is 9.53 Å². The Morgan fingerprint density at radius 1 is 1.07 bits per heavy atom. The zero-order valence-corrected chi connectivity index (χ0v) is 15.9. The van der Waals surface area contributed by atoms with Gasteiger partial charge in [0.2, 0.25) is 5.91 Å². The third-order valence-electron chi connectivity index (χ3n) is 4.52. The minimum atomic E-state index is -0.638. The Morgan fingerprint density at radius 3 is 2.54 bits per heavy atom. The number of methoxy groups -OCH3 is 1. The van der Waals surface area contributed by atoms with E-state index in [0.29, 0.717) is 29.4 Å². The summed E-state index contributed by atoms with van der Waals surface area (Å²) in [4.78, 5) is 36.4. The predicted octanol–water partition coefficient (Wildman–Crippen LogP) is 3.19. The number of nitrogens with one attached hydrogen (secondary N) is 1. The minimum absolute atomic E-state index is 0.101. The standard InChI is InChI=1S/C21H21NO6/c1-4-27-18-8-6-14(10-19(18)26-3)21(25)28-11-17(23)13-5-7-16-15(9-13)12(2)20(24)22-16/h5-10,12H,4,11H2,1-3H3,(H,22,24)/t12-/m1/s1. The lowest BCUT2D eigenvalue weighted by Crippen LogP contribution is -2.14. The molecule has 3 rings (SSSR count). The van der Waals surface area contributed by atoms with E-state index in [0.717, 1.165) is 5.56 Å². The number of hydrogen-bond acceptors (Lipinski definition) is 6. The van der Waals surface area contributed by atoms with Crippen LogP contribution in [0.25, 0.3) is 0 Å². The highest BCUT2D eigenvalue weighted by Crippen LogP contribution is 2.33. The van der Waals surface area contributed by atoms with Crippen LogP contribution in [-0.4, -0.2) is 38.0 Å². The number of carbonyl (C=O) groups excluding carboxylic acids is 3. The predicted molar refractivity (Wildman–Crippen MR) is 102 cm³/mol. The zero-order valence-electron chi connectivity index (χ0n) is 15.9. The lowest BCUT2D eigenvalue weighted by Gasteiger charge is -2.11. The fourth-order valence-electron chi connectivity index (χ4n) is 2.96. The highest BCUT2D eigenvalue weighted by molar-refractivity contribution is 6.05. The molecule has 28 heavy (non-hydrogen) atoms. The molecule has 146 valence electrons. The number of amides is 1. The first-order valence-corrected chi connectivity index (χ1v) is 8.90. The number of anilines is 1. The summed E-state index contributed by atoms with van der Waals surface area (Å²) in [5.74, 6) is -0.473. The summed E-state index contributed by atoms with van der Waals surface area (Å²) in [7, 11) is 1.48.